The average molecular weight is 1950 g/mol. The number of H-pyrrole nitrogens is 8. The molecule has 0 atom stereocenters. The van der Waals surface area contributed by atoms with Gasteiger partial charge in [-0.05, 0) is 267 Å². The second kappa shape index (κ2) is 33.8. The van der Waals surface area contributed by atoms with Crippen LogP contribution in [0.25, 0.3) is 232 Å². The first-order chi connectivity index (χ1) is 70.6. The first-order valence-electron chi connectivity index (χ1n) is 50.2. The van der Waals surface area contributed by atoms with Crippen LogP contribution in [0.15, 0.2) is 249 Å². The van der Waals surface area contributed by atoms with Gasteiger partial charge in [0.15, 0.2) is 0 Å². The Kier molecular flexibility index (Phi) is 20.6. The van der Waals surface area contributed by atoms with Crippen molar-refractivity contribution in [1.29, 1.82) is 0 Å². The summed E-state index contributed by atoms with van der Waals surface area (Å²) in [7, 11) is -3.68. The summed E-state index contributed by atoms with van der Waals surface area (Å²) in [5.74, 6) is 5.86. The van der Waals surface area contributed by atoms with Crippen molar-refractivity contribution >= 4 is 197 Å². The molecule has 1 aliphatic heterocycles. The number of rotatable bonds is 9. The van der Waals surface area contributed by atoms with E-state index < -0.39 is 10.0 Å². The molecule has 27 heteroatoms. The van der Waals surface area contributed by atoms with E-state index in [1.807, 2.05) is 104 Å². The number of pyridine rings is 8. The van der Waals surface area contributed by atoms with Gasteiger partial charge in [0.25, 0.3) is 0 Å². The Bertz CT molecular complexity index is 9460. The number of hydrogen-bond acceptors (Lipinski definition) is 15. The molecular formula is C118H101ClFN21O3S. The summed E-state index contributed by atoms with van der Waals surface area (Å²) in [5.41, 5.74) is 31.0. The van der Waals surface area contributed by atoms with Crippen LogP contribution >= 0.6 is 11.6 Å². The summed E-state index contributed by atoms with van der Waals surface area (Å²) in [6, 6.07) is 64.3. The number of halogens is 2. The van der Waals surface area contributed by atoms with Crippen molar-refractivity contribution < 1.29 is 17.5 Å². The Morgan fingerprint density at radius 3 is 1.21 bits per heavy atom. The Hall–Kier alpha value is -15.6. The van der Waals surface area contributed by atoms with Gasteiger partial charge in [-0.25, -0.2) is 32.7 Å². The van der Waals surface area contributed by atoms with Crippen LogP contribution in [0, 0.1) is 30.5 Å². The number of nitrogens with one attached hydrogen (secondary N) is 8. The van der Waals surface area contributed by atoms with Crippen LogP contribution < -0.4 is 0 Å². The lowest BCUT2D eigenvalue weighted by Gasteiger charge is -2.56. The lowest BCUT2D eigenvalue weighted by molar-refractivity contribution is -0.00662. The van der Waals surface area contributed by atoms with Crippen molar-refractivity contribution in [3.05, 3.63) is 283 Å². The van der Waals surface area contributed by atoms with E-state index in [9.17, 15) is 12.8 Å². The summed E-state index contributed by atoms with van der Waals surface area (Å²) in [6.07, 6.45) is 27.3. The van der Waals surface area contributed by atoms with E-state index in [2.05, 4.69) is 225 Å². The Balaban J connectivity index is 0.0000000961. The Morgan fingerprint density at radius 1 is 0.379 bits per heavy atom. The predicted molar refractivity (Wildman–Crippen MR) is 579 cm³/mol. The zero-order chi connectivity index (χ0) is 97.8. The first-order valence-corrected chi connectivity index (χ1v) is 52.0. The number of aryl methyl sites for hydroxylation is 1. The van der Waals surface area contributed by atoms with Gasteiger partial charge in [0.1, 0.15) is 34.3 Å². The van der Waals surface area contributed by atoms with E-state index in [4.69, 9.17) is 36.3 Å². The van der Waals surface area contributed by atoms with Gasteiger partial charge in [-0.15, -0.1) is 0 Å². The number of imidazole rings is 4. The molecule has 0 amide bonds. The first kappa shape index (κ1) is 88.3. The standard InChI is InChI=1S/C32H27N5.C31H26FN5.C30H29N5.C25H19ClN6O3S/c1-18-9-5-6-10-20(18)26-25(23-17-19(32(2,3)4)13-14-24(23)35-26)31-36-29-21-11-7-15-33-27(21)28-22(30(29)37-31)12-8-16-34-28;32-19-5-6-23-22(12-19)24(29(35-23)31-13-16-9-17(14-31)11-18(10-16)15-31)30-36-27-20-3-1-7-33-25(20)26-21(28(27)37-30)4-2-8-34-26;1-30(2,3)18-12-13-22-21(16-18)23(24(33-22)17-8-4-5-9-17)29-34-27-19-10-6-14-31-25(19)26-20(28(27)35-29)11-7-15-32-26;26-24-19(17-13-14(5-6-18(17)29-24)36(33,34)32-9-11-35-12-10-32)25-30-22-15-3-1-7-27-20(15)21-16(23(22)31-25)4-2-8-28-21/h5-17,35H,1-4H3,(H,36,37);1-8,12,16-18,35H,9-11,13-15H2,(H,36,37);6-7,10-17,33H,4-5,8-9H2,1-3H3,(H,34,35);1-8,13,29H,9-12H2,(H,30,31). The minimum atomic E-state index is -3.68. The topological polar surface area (TPSA) is 328 Å². The monoisotopic (exact) mass is 1950 g/mol. The Labute approximate surface area is 835 Å². The molecule has 5 saturated carbocycles. The van der Waals surface area contributed by atoms with Crippen molar-refractivity contribution in [3.63, 3.8) is 0 Å². The fourth-order valence-corrected chi connectivity index (χ4v) is 26.7. The molecule has 0 spiro atoms. The molecule has 17 heterocycles. The number of aromatic amines is 8. The number of ether oxygens (including phenoxy) is 1. The van der Waals surface area contributed by atoms with E-state index in [-0.39, 0.29) is 27.0 Å². The molecule has 145 heavy (non-hydrogen) atoms. The molecule has 4 bridgehead atoms. The summed E-state index contributed by atoms with van der Waals surface area (Å²) >= 11 is 6.66. The molecule has 1 saturated heterocycles. The van der Waals surface area contributed by atoms with E-state index >= 15 is 0 Å². The number of sulfonamides is 1. The predicted octanol–water partition coefficient (Wildman–Crippen LogP) is 27.7. The lowest BCUT2D eigenvalue weighted by atomic mass is 9.48. The van der Waals surface area contributed by atoms with Crippen molar-refractivity contribution in [2.24, 2.45) is 17.8 Å². The number of benzene rings is 9. The van der Waals surface area contributed by atoms with Gasteiger partial charge >= 0.3 is 0 Å². The van der Waals surface area contributed by atoms with E-state index in [1.54, 1.807) is 42.7 Å². The van der Waals surface area contributed by atoms with Crippen LogP contribution in [-0.2, 0) is 31.0 Å². The molecule has 6 fully saturated rings. The van der Waals surface area contributed by atoms with E-state index in [0.29, 0.717) is 54.1 Å². The Morgan fingerprint density at radius 2 is 0.752 bits per heavy atom. The largest absolute Gasteiger partial charge is 0.379 e. The highest BCUT2D eigenvalue weighted by Crippen LogP contribution is 2.63. The van der Waals surface area contributed by atoms with Crippen LogP contribution in [0.4, 0.5) is 4.39 Å². The minimum absolute atomic E-state index is 0.0309. The number of hydrogen-bond donors (Lipinski definition) is 8. The SMILES string of the molecule is CC(C)(C)c1ccc2[nH]c(C3CCCC3)c(-c3nc4c5cccnc5c5ncccc5c4[nH]3)c2c1.Cc1ccccc1-c1[nH]c2ccc(C(C)(C)C)cc2c1-c1nc2c3cccnc3c3ncccc3c2[nH]1.Fc1ccc2[nH]c(C34CC5CC(CC(C5)C3)C4)c(-c3nc4c5cccnc5c5ncccc5c4[nH]3)c2c1.O=S(=O)(c1ccc2[nH]c(Cl)c(-c3nc4c5cccnc5c5ncccc5c4[nH]3)c2c1)N1CCOCC1. The van der Waals surface area contributed by atoms with Crippen molar-refractivity contribution in [1.82, 2.24) is 104 Å². The minimum Gasteiger partial charge on any atom is -0.379 e. The van der Waals surface area contributed by atoms with E-state index in [1.165, 1.54) is 119 Å². The highest BCUT2D eigenvalue weighted by atomic mass is 35.5. The van der Waals surface area contributed by atoms with Crippen molar-refractivity contribution in [2.45, 2.75) is 140 Å². The second-order valence-electron chi connectivity index (χ2n) is 42.3. The number of aromatic nitrogens is 20. The molecule has 24 nitrogen and oxygen atoms in total. The summed E-state index contributed by atoms with van der Waals surface area (Å²) in [6.45, 7) is 17.2. The fraction of sp³-hybridized carbons (Fsp3) is 0.237. The van der Waals surface area contributed by atoms with Crippen LogP contribution in [0.5, 0.6) is 0 Å². The lowest BCUT2D eigenvalue weighted by Crippen LogP contribution is -2.48. The number of nitrogens with zero attached hydrogens (tertiary/aromatic N) is 13. The summed E-state index contributed by atoms with van der Waals surface area (Å²) < 4.78 is 48.1. The molecule has 9 aromatic carbocycles. The summed E-state index contributed by atoms with van der Waals surface area (Å²) in [4.78, 5) is 87.1. The zero-order valence-electron chi connectivity index (χ0n) is 81.0. The van der Waals surface area contributed by atoms with Gasteiger partial charge < -0.3 is 44.6 Å². The van der Waals surface area contributed by atoms with Gasteiger partial charge in [-0.3, -0.25) is 39.9 Å². The fourth-order valence-electron chi connectivity index (χ4n) is 25.0. The third-order valence-corrected chi connectivity index (χ3v) is 33.6. The van der Waals surface area contributed by atoms with Gasteiger partial charge in [-0.2, -0.15) is 4.31 Å². The third kappa shape index (κ3) is 14.6. The van der Waals surface area contributed by atoms with Crippen LogP contribution in [0.1, 0.15) is 140 Å². The molecule has 0 radical (unpaired) electrons. The molecule has 5 aliphatic carbocycles. The molecule has 31 rings (SSSR count). The normalized spacial score (nSPS) is 17.5. The van der Waals surface area contributed by atoms with Crippen LogP contribution in [0.3, 0.4) is 0 Å². The number of morpholine rings is 1. The van der Waals surface area contributed by atoms with Gasteiger partial charge in [0, 0.05) is 183 Å². The van der Waals surface area contributed by atoms with Gasteiger partial charge in [0.05, 0.1) is 123 Å². The quantitative estimate of drug-likeness (QED) is 0.0623. The smallest absolute Gasteiger partial charge is 0.243 e. The maximum atomic E-state index is 14.7. The second-order valence-corrected chi connectivity index (χ2v) is 44.7. The van der Waals surface area contributed by atoms with Crippen molar-refractivity contribution in [2.75, 3.05) is 26.3 Å². The highest BCUT2D eigenvalue weighted by Gasteiger charge is 2.54. The maximum Gasteiger partial charge on any atom is 0.243 e. The highest BCUT2D eigenvalue weighted by molar-refractivity contribution is 7.89. The third-order valence-electron chi connectivity index (χ3n) is 31.4. The molecular weight excluding hydrogens is 1850 g/mol. The average Bonchev–Trinajstić information content (AvgIpc) is 1.60. The molecule has 25 aromatic rings. The van der Waals surface area contributed by atoms with E-state index in [0.717, 1.165) is 211 Å². The van der Waals surface area contributed by atoms with Crippen LogP contribution in [-0.4, -0.2) is 139 Å². The van der Waals surface area contributed by atoms with Crippen molar-refractivity contribution in [3.8, 4) is 56.8 Å². The molecule has 6 aliphatic rings. The molecule has 0 unspecified atom stereocenters. The van der Waals surface area contributed by atoms with Gasteiger partial charge in [0.2, 0.25) is 10.0 Å². The molecule has 716 valence electrons. The number of fused-ring (bicyclic) bond motifs is 28. The zero-order valence-corrected chi connectivity index (χ0v) is 82.6. The van der Waals surface area contributed by atoms with Gasteiger partial charge in [-0.1, -0.05) is 102 Å². The van der Waals surface area contributed by atoms with Crippen LogP contribution in [0.2, 0.25) is 5.15 Å². The molecule has 16 aromatic heterocycles. The maximum absolute atomic E-state index is 14.7. The molecule has 8 N–H and O–H groups in total. The summed E-state index contributed by atoms with van der Waals surface area (Å²) in [5, 5.41) is 12.2.